The summed E-state index contributed by atoms with van der Waals surface area (Å²) in [5.41, 5.74) is 3.25. The van der Waals surface area contributed by atoms with Gasteiger partial charge >= 0.3 is 0 Å². The topological polar surface area (TPSA) is 99.3 Å². The van der Waals surface area contributed by atoms with Crippen LogP contribution < -0.4 is 4.90 Å². The molecule has 8 nitrogen and oxygen atoms in total. The molecule has 2 heterocycles. The maximum Gasteiger partial charge on any atom is 0.241 e. The van der Waals surface area contributed by atoms with E-state index in [4.69, 9.17) is 16.9 Å². The summed E-state index contributed by atoms with van der Waals surface area (Å²) in [6.45, 7) is 1.56. The van der Waals surface area contributed by atoms with Gasteiger partial charge in [0.15, 0.2) is 0 Å². The lowest BCUT2D eigenvalue weighted by molar-refractivity contribution is -0.122. The summed E-state index contributed by atoms with van der Waals surface area (Å²) >= 11 is 6.14. The van der Waals surface area contributed by atoms with E-state index < -0.39 is 9.84 Å². The minimum Gasteiger partial charge on any atom is -0.329 e. The van der Waals surface area contributed by atoms with Gasteiger partial charge in [0.2, 0.25) is 5.91 Å². The maximum absolute atomic E-state index is 13.1. The molecule has 198 valence electrons. The Labute approximate surface area is 234 Å². The monoisotopic (exact) mass is 583 g/mol. The van der Waals surface area contributed by atoms with E-state index in [1.165, 1.54) is 6.26 Å². The Morgan fingerprint density at radius 3 is 2.51 bits per heavy atom. The Kier molecular flexibility index (Phi) is 11.0. The molecule has 1 amide bonds. The van der Waals surface area contributed by atoms with Crippen molar-refractivity contribution in [2.24, 2.45) is 0 Å². The second-order valence-corrected chi connectivity index (χ2v) is 11.5. The van der Waals surface area contributed by atoms with Crippen molar-refractivity contribution in [2.45, 2.75) is 25.6 Å². The van der Waals surface area contributed by atoms with Crippen molar-refractivity contribution in [3.8, 4) is 6.07 Å². The predicted molar refractivity (Wildman–Crippen MR) is 149 cm³/mol. The first-order valence-electron chi connectivity index (χ1n) is 11.2. The van der Waals surface area contributed by atoms with Gasteiger partial charge in [0, 0.05) is 48.8 Å². The van der Waals surface area contributed by atoms with Gasteiger partial charge in [0.1, 0.15) is 9.84 Å². The molecule has 0 spiro atoms. The number of amides is 1. The van der Waals surface area contributed by atoms with Crippen LogP contribution in [0.4, 0.5) is 5.69 Å². The number of anilines is 1. The highest BCUT2D eigenvalue weighted by Crippen LogP contribution is 2.26. The molecule has 12 heteroatoms. The number of halogens is 3. The van der Waals surface area contributed by atoms with Crippen LogP contribution in [0.1, 0.15) is 23.2 Å². The molecule has 0 aliphatic carbocycles. The summed E-state index contributed by atoms with van der Waals surface area (Å²) in [6.07, 6.45) is 5.15. The number of hydrogen-bond acceptors (Lipinski definition) is 6. The lowest BCUT2D eigenvalue weighted by Crippen LogP contribution is -2.56. The minimum atomic E-state index is -3.16. The van der Waals surface area contributed by atoms with Crippen LogP contribution in [0.25, 0.3) is 0 Å². The number of carbonyl (C=O) groups is 1. The Morgan fingerprint density at radius 2 is 1.86 bits per heavy atom. The van der Waals surface area contributed by atoms with Crippen molar-refractivity contribution in [1.82, 2.24) is 14.5 Å². The van der Waals surface area contributed by atoms with Gasteiger partial charge in [-0.3, -0.25) is 9.69 Å². The average molecular weight is 585 g/mol. The number of nitriles is 1. The van der Waals surface area contributed by atoms with Crippen molar-refractivity contribution in [1.29, 1.82) is 5.26 Å². The number of nitrogens with zero attached hydrogens (tertiary/aromatic N) is 5. The summed E-state index contributed by atoms with van der Waals surface area (Å²) < 4.78 is 25.8. The van der Waals surface area contributed by atoms with Gasteiger partial charge in [0.25, 0.3) is 0 Å². The molecule has 3 aromatic rings. The molecule has 1 atom stereocenters. The van der Waals surface area contributed by atoms with Gasteiger partial charge < -0.3 is 9.47 Å². The normalized spacial score (nSPS) is 16.0. The van der Waals surface area contributed by atoms with Gasteiger partial charge in [-0.25, -0.2) is 13.4 Å². The highest BCUT2D eigenvalue weighted by atomic mass is 35.5. The van der Waals surface area contributed by atoms with Crippen LogP contribution in [-0.4, -0.2) is 59.9 Å². The van der Waals surface area contributed by atoms with Crippen molar-refractivity contribution < 1.29 is 13.2 Å². The fraction of sp³-hybridized carbons (Fsp3) is 0.320. The zero-order chi connectivity index (χ0) is 25.0. The lowest BCUT2D eigenvalue weighted by atomic mass is 10.1. The van der Waals surface area contributed by atoms with E-state index in [1.54, 1.807) is 47.8 Å². The number of sulfone groups is 1. The molecule has 4 rings (SSSR count). The van der Waals surface area contributed by atoms with Crippen molar-refractivity contribution >= 4 is 57.8 Å². The summed E-state index contributed by atoms with van der Waals surface area (Å²) in [5, 5.41) is 9.55. The molecular formula is C25H28Cl3N5O3S. The SMILES string of the molecule is CS(=O)(=O)CC[C@H]1CN(c2cccc(Cl)c2)C(=O)CN1Cc1cncn1Cc1ccc(C#N)cc1.Cl.Cl. The van der Waals surface area contributed by atoms with Gasteiger partial charge in [-0.15, -0.1) is 24.8 Å². The molecule has 1 saturated heterocycles. The largest absolute Gasteiger partial charge is 0.329 e. The molecule has 0 unspecified atom stereocenters. The van der Waals surface area contributed by atoms with E-state index in [2.05, 4.69) is 11.1 Å². The molecule has 1 fully saturated rings. The molecule has 0 radical (unpaired) electrons. The smallest absolute Gasteiger partial charge is 0.241 e. The van der Waals surface area contributed by atoms with Gasteiger partial charge in [-0.2, -0.15) is 5.26 Å². The number of carbonyl (C=O) groups excluding carboxylic acids is 1. The first-order chi connectivity index (χ1) is 16.7. The van der Waals surface area contributed by atoms with Crippen molar-refractivity contribution in [3.63, 3.8) is 0 Å². The fourth-order valence-electron chi connectivity index (χ4n) is 4.23. The second kappa shape index (κ2) is 13.3. The molecule has 1 aliphatic heterocycles. The standard InChI is InChI=1S/C25H26ClN5O3S.2ClH/c1-35(33,34)10-9-23-16-31(22-4-2-3-21(26)11-22)25(32)17-29(23)15-24-13-28-18-30(24)14-20-7-5-19(12-27)6-8-20;;/h2-8,11,13,18,23H,9-10,14-17H2,1H3;2*1H/t23-;;/m0../s1. The van der Waals surface area contributed by atoms with E-state index in [-0.39, 0.29) is 49.1 Å². The zero-order valence-electron chi connectivity index (χ0n) is 20.2. The molecule has 37 heavy (non-hydrogen) atoms. The highest BCUT2D eigenvalue weighted by Gasteiger charge is 2.33. The molecule has 1 aliphatic rings. The molecule has 2 aromatic carbocycles. The van der Waals surface area contributed by atoms with Gasteiger partial charge in [-0.1, -0.05) is 29.8 Å². The van der Waals surface area contributed by atoms with E-state index in [1.807, 2.05) is 27.7 Å². The summed E-state index contributed by atoms with van der Waals surface area (Å²) in [7, 11) is -3.16. The molecule has 1 aromatic heterocycles. The first kappa shape index (κ1) is 30.6. The third kappa shape index (κ3) is 8.19. The van der Waals surface area contributed by atoms with Gasteiger partial charge in [-0.05, 0) is 42.3 Å². The summed E-state index contributed by atoms with van der Waals surface area (Å²) in [5.74, 6) is -0.0305. The lowest BCUT2D eigenvalue weighted by Gasteiger charge is -2.41. The Hall–Kier alpha value is -2.61. The molecule has 0 N–H and O–H groups in total. The number of aromatic nitrogens is 2. The average Bonchev–Trinajstić information content (AvgIpc) is 3.25. The van der Waals surface area contributed by atoms with E-state index >= 15 is 0 Å². The highest BCUT2D eigenvalue weighted by molar-refractivity contribution is 7.90. The fourth-order valence-corrected chi connectivity index (χ4v) is 5.12. The maximum atomic E-state index is 13.1. The van der Waals surface area contributed by atoms with E-state index in [9.17, 15) is 13.2 Å². The third-order valence-electron chi connectivity index (χ3n) is 6.09. The number of rotatable bonds is 8. The first-order valence-corrected chi connectivity index (χ1v) is 13.6. The molecule has 0 bridgehead atoms. The van der Waals surface area contributed by atoms with Crippen LogP contribution >= 0.6 is 36.4 Å². The van der Waals surface area contributed by atoms with E-state index in [0.717, 1.165) is 11.3 Å². The summed E-state index contributed by atoms with van der Waals surface area (Å²) in [4.78, 5) is 21.1. The quantitative estimate of drug-likeness (QED) is 0.398. The number of imidazole rings is 1. The van der Waals surface area contributed by atoms with E-state index in [0.29, 0.717) is 42.3 Å². The van der Waals surface area contributed by atoms with Crippen LogP contribution in [0.15, 0.2) is 61.1 Å². The number of hydrogen-bond donors (Lipinski definition) is 0. The minimum absolute atomic E-state index is 0. The summed E-state index contributed by atoms with van der Waals surface area (Å²) in [6, 6.07) is 16.5. The molecular weight excluding hydrogens is 557 g/mol. The second-order valence-electron chi connectivity index (χ2n) is 8.78. The Bertz CT molecular complexity index is 1360. The van der Waals surface area contributed by atoms with Crippen LogP contribution in [0.3, 0.4) is 0 Å². The zero-order valence-corrected chi connectivity index (χ0v) is 23.4. The van der Waals surface area contributed by atoms with Crippen molar-refractivity contribution in [3.05, 3.63) is 82.9 Å². The predicted octanol–water partition coefficient (Wildman–Crippen LogP) is 3.95. The Morgan fingerprint density at radius 1 is 1.14 bits per heavy atom. The number of benzene rings is 2. The van der Waals surface area contributed by atoms with Crippen LogP contribution in [0.2, 0.25) is 5.02 Å². The van der Waals surface area contributed by atoms with Crippen LogP contribution in [0.5, 0.6) is 0 Å². The molecule has 0 saturated carbocycles. The third-order valence-corrected chi connectivity index (χ3v) is 7.30. The number of piperazine rings is 1. The van der Waals surface area contributed by atoms with Crippen LogP contribution in [-0.2, 0) is 27.7 Å². The van der Waals surface area contributed by atoms with Crippen LogP contribution in [0, 0.1) is 11.3 Å². The van der Waals surface area contributed by atoms with Crippen molar-refractivity contribution in [2.75, 3.05) is 30.0 Å². The van der Waals surface area contributed by atoms with Gasteiger partial charge in [0.05, 0.1) is 36.0 Å². The Balaban J connectivity index is 0.00000241.